The highest BCUT2D eigenvalue weighted by Crippen LogP contribution is 2.36. The van der Waals surface area contributed by atoms with Gasteiger partial charge in [-0.25, -0.2) is 5.01 Å². The second kappa shape index (κ2) is 11.7. The Kier molecular flexibility index (Phi) is 8.15. The molecular weight excluding hydrogens is 486 g/mol. The number of hydrogen-bond donors (Lipinski definition) is 0. The van der Waals surface area contributed by atoms with Crippen LogP contribution in [-0.4, -0.2) is 69.5 Å². The first-order valence-corrected chi connectivity index (χ1v) is 12.0. The SMILES string of the molecule is COc1ccc(C(=O)N(C)CC(=O)N2N=C(c3ccc(OC)cc3OC)C[C@H]2c2ccc(OC)cc2)cc1. The van der Waals surface area contributed by atoms with Gasteiger partial charge in [-0.05, 0) is 54.1 Å². The third kappa shape index (κ3) is 5.56. The van der Waals surface area contributed by atoms with Gasteiger partial charge in [0.25, 0.3) is 11.8 Å². The van der Waals surface area contributed by atoms with Crippen LogP contribution in [0.25, 0.3) is 0 Å². The van der Waals surface area contributed by atoms with Crippen LogP contribution in [0.5, 0.6) is 23.0 Å². The lowest BCUT2D eigenvalue weighted by molar-refractivity contribution is -0.133. The van der Waals surface area contributed by atoms with Crippen molar-refractivity contribution in [3.05, 3.63) is 83.4 Å². The van der Waals surface area contributed by atoms with E-state index < -0.39 is 0 Å². The molecule has 9 nitrogen and oxygen atoms in total. The molecule has 3 aromatic carbocycles. The Morgan fingerprint density at radius 1 is 0.842 bits per heavy atom. The van der Waals surface area contributed by atoms with Crippen LogP contribution in [0.3, 0.4) is 0 Å². The normalized spacial score (nSPS) is 14.5. The Labute approximate surface area is 222 Å². The summed E-state index contributed by atoms with van der Waals surface area (Å²) >= 11 is 0. The molecule has 198 valence electrons. The second-order valence-corrected chi connectivity index (χ2v) is 8.73. The molecule has 3 aromatic rings. The van der Waals surface area contributed by atoms with Gasteiger partial charge in [0.1, 0.15) is 29.5 Å². The van der Waals surface area contributed by atoms with Crippen LogP contribution in [-0.2, 0) is 4.79 Å². The molecule has 0 saturated carbocycles. The van der Waals surface area contributed by atoms with Gasteiger partial charge in [0, 0.05) is 30.7 Å². The van der Waals surface area contributed by atoms with Gasteiger partial charge in [0.15, 0.2) is 0 Å². The largest absolute Gasteiger partial charge is 0.497 e. The van der Waals surface area contributed by atoms with Gasteiger partial charge in [0.2, 0.25) is 0 Å². The standard InChI is InChI=1S/C29H31N3O6/c1-31(29(34)20-8-12-22(36-3)13-9-20)18-28(33)32-26(19-6-10-21(35-2)11-7-19)17-25(30-32)24-15-14-23(37-4)16-27(24)38-5/h6-16,26H,17-18H2,1-5H3/t26-/m0/s1. The molecule has 2 amide bonds. The number of carbonyl (C=O) groups is 2. The van der Waals surface area contributed by atoms with Gasteiger partial charge >= 0.3 is 0 Å². The molecule has 0 spiro atoms. The van der Waals surface area contributed by atoms with E-state index in [1.807, 2.05) is 36.4 Å². The molecule has 0 aromatic heterocycles. The minimum atomic E-state index is -0.361. The third-order valence-corrected chi connectivity index (χ3v) is 6.44. The Bertz CT molecular complexity index is 1320. The maximum Gasteiger partial charge on any atom is 0.262 e. The van der Waals surface area contributed by atoms with E-state index in [9.17, 15) is 9.59 Å². The van der Waals surface area contributed by atoms with Crippen molar-refractivity contribution in [3.63, 3.8) is 0 Å². The van der Waals surface area contributed by atoms with Crippen molar-refractivity contribution >= 4 is 17.5 Å². The summed E-state index contributed by atoms with van der Waals surface area (Å²) < 4.78 is 21.4. The van der Waals surface area contributed by atoms with E-state index in [0.29, 0.717) is 40.7 Å². The first kappa shape index (κ1) is 26.5. The topological polar surface area (TPSA) is 89.9 Å². The third-order valence-electron chi connectivity index (χ3n) is 6.44. The Morgan fingerprint density at radius 3 is 2.00 bits per heavy atom. The number of benzene rings is 3. The minimum Gasteiger partial charge on any atom is -0.497 e. The smallest absolute Gasteiger partial charge is 0.262 e. The number of rotatable bonds is 9. The Balaban J connectivity index is 1.62. The molecule has 0 N–H and O–H groups in total. The molecule has 0 radical (unpaired) electrons. The minimum absolute atomic E-state index is 0.145. The summed E-state index contributed by atoms with van der Waals surface area (Å²) in [6, 6.07) is 19.4. The van der Waals surface area contributed by atoms with Crippen LogP contribution in [0.1, 0.15) is 33.9 Å². The monoisotopic (exact) mass is 517 g/mol. The lowest BCUT2D eigenvalue weighted by Gasteiger charge is -2.25. The average Bonchev–Trinajstić information content (AvgIpc) is 3.42. The molecule has 0 fully saturated rings. The van der Waals surface area contributed by atoms with Crippen LogP contribution in [0.15, 0.2) is 71.8 Å². The summed E-state index contributed by atoms with van der Waals surface area (Å²) in [5.74, 6) is 2.03. The number of amides is 2. The summed E-state index contributed by atoms with van der Waals surface area (Å²) in [7, 11) is 7.93. The lowest BCUT2D eigenvalue weighted by Crippen LogP contribution is -2.39. The highest BCUT2D eigenvalue weighted by Gasteiger charge is 2.35. The first-order chi connectivity index (χ1) is 18.4. The summed E-state index contributed by atoms with van der Waals surface area (Å²) in [4.78, 5) is 27.9. The molecule has 38 heavy (non-hydrogen) atoms. The van der Waals surface area contributed by atoms with Crippen molar-refractivity contribution in [2.45, 2.75) is 12.5 Å². The second-order valence-electron chi connectivity index (χ2n) is 8.73. The summed E-state index contributed by atoms with van der Waals surface area (Å²) in [6.45, 7) is -0.145. The predicted octanol–water partition coefficient (Wildman–Crippen LogP) is 4.17. The number of methoxy groups -OCH3 is 4. The zero-order valence-corrected chi connectivity index (χ0v) is 22.1. The van der Waals surface area contributed by atoms with Gasteiger partial charge < -0.3 is 23.8 Å². The van der Waals surface area contributed by atoms with Crippen molar-refractivity contribution in [2.75, 3.05) is 42.0 Å². The van der Waals surface area contributed by atoms with E-state index in [1.165, 1.54) is 9.91 Å². The number of carbonyl (C=O) groups excluding carboxylic acids is 2. The van der Waals surface area contributed by atoms with Crippen LogP contribution < -0.4 is 18.9 Å². The van der Waals surface area contributed by atoms with E-state index in [1.54, 1.807) is 65.8 Å². The van der Waals surface area contributed by atoms with E-state index in [0.717, 1.165) is 11.1 Å². The average molecular weight is 518 g/mol. The van der Waals surface area contributed by atoms with Crippen molar-refractivity contribution in [1.82, 2.24) is 9.91 Å². The molecule has 0 aliphatic carbocycles. The zero-order valence-electron chi connectivity index (χ0n) is 22.1. The number of hydrazone groups is 1. The number of ether oxygens (including phenoxy) is 4. The Hall–Kier alpha value is -4.53. The van der Waals surface area contributed by atoms with Crippen molar-refractivity contribution in [2.24, 2.45) is 5.10 Å². The molecule has 0 saturated heterocycles. The van der Waals surface area contributed by atoms with Crippen molar-refractivity contribution in [3.8, 4) is 23.0 Å². The molecule has 1 heterocycles. The predicted molar refractivity (Wildman–Crippen MR) is 143 cm³/mol. The zero-order chi connectivity index (χ0) is 27.2. The maximum absolute atomic E-state index is 13.6. The molecule has 1 aliphatic heterocycles. The fraction of sp³-hybridized carbons (Fsp3) is 0.276. The number of hydrogen-bond acceptors (Lipinski definition) is 7. The van der Waals surface area contributed by atoms with Gasteiger partial charge in [-0.15, -0.1) is 0 Å². The molecular formula is C29H31N3O6. The highest BCUT2D eigenvalue weighted by molar-refractivity contribution is 6.05. The molecule has 1 atom stereocenters. The quantitative estimate of drug-likeness (QED) is 0.423. The maximum atomic E-state index is 13.6. The molecule has 0 unspecified atom stereocenters. The van der Waals surface area contributed by atoms with Crippen molar-refractivity contribution in [1.29, 1.82) is 0 Å². The molecule has 9 heteroatoms. The fourth-order valence-corrected chi connectivity index (χ4v) is 4.33. The van der Waals surface area contributed by atoms with E-state index in [-0.39, 0.29) is 24.4 Å². The number of nitrogens with zero attached hydrogens (tertiary/aromatic N) is 3. The van der Waals surface area contributed by atoms with E-state index in [4.69, 9.17) is 24.0 Å². The van der Waals surface area contributed by atoms with Crippen LogP contribution in [0.4, 0.5) is 0 Å². The van der Waals surface area contributed by atoms with Crippen LogP contribution in [0.2, 0.25) is 0 Å². The van der Waals surface area contributed by atoms with Gasteiger partial charge in [0.05, 0.1) is 40.2 Å². The molecule has 0 bridgehead atoms. The van der Waals surface area contributed by atoms with Crippen molar-refractivity contribution < 1.29 is 28.5 Å². The van der Waals surface area contributed by atoms with Gasteiger partial charge in [-0.3, -0.25) is 9.59 Å². The fourth-order valence-electron chi connectivity index (χ4n) is 4.33. The first-order valence-electron chi connectivity index (χ1n) is 12.0. The number of likely N-dealkylation sites (N-methyl/N-ethyl adjacent to an activating group) is 1. The van der Waals surface area contributed by atoms with E-state index >= 15 is 0 Å². The molecule has 1 aliphatic rings. The van der Waals surface area contributed by atoms with E-state index in [2.05, 4.69) is 0 Å². The Morgan fingerprint density at radius 2 is 1.42 bits per heavy atom. The van der Waals surface area contributed by atoms with Gasteiger partial charge in [-0.1, -0.05) is 12.1 Å². The highest BCUT2D eigenvalue weighted by atomic mass is 16.5. The lowest BCUT2D eigenvalue weighted by atomic mass is 9.97. The van der Waals surface area contributed by atoms with Gasteiger partial charge in [-0.2, -0.15) is 5.10 Å². The van der Waals surface area contributed by atoms with Crippen LogP contribution in [0, 0.1) is 0 Å². The van der Waals surface area contributed by atoms with Crippen LogP contribution >= 0.6 is 0 Å². The summed E-state index contributed by atoms with van der Waals surface area (Å²) in [6.07, 6.45) is 0.469. The molecule has 4 rings (SSSR count). The summed E-state index contributed by atoms with van der Waals surface area (Å²) in [5, 5.41) is 6.18. The summed E-state index contributed by atoms with van der Waals surface area (Å²) in [5.41, 5.74) is 2.82.